The summed E-state index contributed by atoms with van der Waals surface area (Å²) in [4.78, 5) is 2.30. The molecular formula is C11H24N2O3S. The van der Waals surface area contributed by atoms with Crippen LogP contribution in [-0.4, -0.2) is 58.5 Å². The van der Waals surface area contributed by atoms with Crippen LogP contribution in [0.4, 0.5) is 0 Å². The Hall–Kier alpha value is -0.170. The molecule has 1 aliphatic heterocycles. The van der Waals surface area contributed by atoms with Gasteiger partial charge in [-0.25, -0.2) is 13.1 Å². The Morgan fingerprint density at radius 1 is 1.47 bits per heavy atom. The molecule has 1 aliphatic rings. The predicted octanol–water partition coefficient (Wildman–Crippen LogP) is 0.427. The second-order valence-corrected chi connectivity index (χ2v) is 6.42. The Morgan fingerprint density at radius 3 is 2.88 bits per heavy atom. The van der Waals surface area contributed by atoms with Crippen LogP contribution in [0.5, 0.6) is 0 Å². The molecule has 1 N–H and O–H groups in total. The minimum Gasteiger partial charge on any atom is -0.383 e. The van der Waals surface area contributed by atoms with Crippen molar-refractivity contribution in [1.29, 1.82) is 0 Å². The van der Waals surface area contributed by atoms with Gasteiger partial charge in [-0.3, -0.25) is 4.90 Å². The summed E-state index contributed by atoms with van der Waals surface area (Å²) in [6, 6.07) is 0.330. The van der Waals surface area contributed by atoms with E-state index in [4.69, 9.17) is 4.74 Å². The van der Waals surface area contributed by atoms with E-state index < -0.39 is 10.0 Å². The van der Waals surface area contributed by atoms with Crippen molar-refractivity contribution >= 4 is 10.0 Å². The average Bonchev–Trinajstić information content (AvgIpc) is 2.71. The van der Waals surface area contributed by atoms with Crippen molar-refractivity contribution in [3.8, 4) is 0 Å². The molecule has 1 saturated heterocycles. The maximum atomic E-state index is 11.6. The summed E-state index contributed by atoms with van der Waals surface area (Å²) in [5, 5.41) is 0. The maximum Gasteiger partial charge on any atom is 0.211 e. The quantitative estimate of drug-likeness (QED) is 0.690. The molecule has 0 amide bonds. The number of rotatable bonds is 8. The summed E-state index contributed by atoms with van der Waals surface area (Å²) >= 11 is 0. The van der Waals surface area contributed by atoms with Crippen LogP contribution in [0.2, 0.25) is 0 Å². The molecule has 0 aromatic heterocycles. The van der Waals surface area contributed by atoms with Crippen molar-refractivity contribution in [3.63, 3.8) is 0 Å². The number of ether oxygens (including phenoxy) is 1. The Morgan fingerprint density at radius 2 is 2.24 bits per heavy atom. The maximum absolute atomic E-state index is 11.6. The van der Waals surface area contributed by atoms with Gasteiger partial charge in [-0.05, 0) is 25.8 Å². The summed E-state index contributed by atoms with van der Waals surface area (Å²) in [6.45, 7) is 5.05. The highest BCUT2D eigenvalue weighted by atomic mass is 32.2. The second-order valence-electron chi connectivity index (χ2n) is 4.49. The Kier molecular flexibility index (Phi) is 6.40. The van der Waals surface area contributed by atoms with E-state index in [1.54, 1.807) is 7.11 Å². The van der Waals surface area contributed by atoms with Gasteiger partial charge >= 0.3 is 0 Å². The molecule has 0 saturated carbocycles. The average molecular weight is 264 g/mol. The normalized spacial score (nSPS) is 22.1. The first-order valence-electron chi connectivity index (χ1n) is 6.29. The van der Waals surface area contributed by atoms with Crippen molar-refractivity contribution in [3.05, 3.63) is 0 Å². The number of nitrogens with one attached hydrogen (secondary N) is 1. The number of hydrogen-bond acceptors (Lipinski definition) is 4. The van der Waals surface area contributed by atoms with E-state index in [0.29, 0.717) is 25.6 Å². The minimum atomic E-state index is -3.07. The number of nitrogens with zero attached hydrogens (tertiary/aromatic N) is 1. The van der Waals surface area contributed by atoms with E-state index in [-0.39, 0.29) is 5.75 Å². The lowest BCUT2D eigenvalue weighted by Crippen LogP contribution is -2.41. The molecule has 0 aliphatic carbocycles. The monoisotopic (exact) mass is 264 g/mol. The number of methoxy groups -OCH3 is 1. The third kappa shape index (κ3) is 5.33. The van der Waals surface area contributed by atoms with Crippen LogP contribution >= 0.6 is 0 Å². The zero-order valence-electron chi connectivity index (χ0n) is 10.8. The summed E-state index contributed by atoms with van der Waals surface area (Å²) < 4.78 is 30.9. The van der Waals surface area contributed by atoms with Gasteiger partial charge in [0.1, 0.15) is 0 Å². The van der Waals surface area contributed by atoms with Crippen LogP contribution in [0.25, 0.3) is 0 Å². The van der Waals surface area contributed by atoms with E-state index in [1.807, 2.05) is 6.92 Å². The molecule has 0 spiro atoms. The lowest BCUT2D eigenvalue weighted by Gasteiger charge is -2.24. The topological polar surface area (TPSA) is 58.6 Å². The highest BCUT2D eigenvalue weighted by molar-refractivity contribution is 7.89. The van der Waals surface area contributed by atoms with Crippen LogP contribution < -0.4 is 4.72 Å². The van der Waals surface area contributed by atoms with Crippen LogP contribution in [0.1, 0.15) is 26.2 Å². The smallest absolute Gasteiger partial charge is 0.211 e. The van der Waals surface area contributed by atoms with E-state index in [9.17, 15) is 8.42 Å². The first kappa shape index (κ1) is 14.9. The molecule has 6 heteroatoms. The molecule has 5 nitrogen and oxygen atoms in total. The third-order valence-electron chi connectivity index (χ3n) is 3.09. The van der Waals surface area contributed by atoms with Gasteiger partial charge in [-0.15, -0.1) is 0 Å². The fourth-order valence-electron chi connectivity index (χ4n) is 2.19. The Labute approximate surface area is 105 Å². The minimum absolute atomic E-state index is 0.220. The SMILES string of the molecule is CCCS(=O)(=O)NC[C@@H]1CCCN1CCOC. The van der Waals surface area contributed by atoms with Crippen LogP contribution in [0, 0.1) is 0 Å². The van der Waals surface area contributed by atoms with Gasteiger partial charge < -0.3 is 4.74 Å². The zero-order valence-corrected chi connectivity index (χ0v) is 11.6. The lowest BCUT2D eigenvalue weighted by molar-refractivity contribution is 0.141. The number of sulfonamides is 1. The van der Waals surface area contributed by atoms with Gasteiger partial charge in [0.15, 0.2) is 0 Å². The van der Waals surface area contributed by atoms with Gasteiger partial charge in [-0.1, -0.05) is 6.92 Å². The number of likely N-dealkylation sites (tertiary alicyclic amines) is 1. The van der Waals surface area contributed by atoms with Crippen molar-refractivity contribution in [1.82, 2.24) is 9.62 Å². The largest absolute Gasteiger partial charge is 0.383 e. The van der Waals surface area contributed by atoms with E-state index in [0.717, 1.165) is 25.9 Å². The Bertz CT molecular complexity index is 306. The van der Waals surface area contributed by atoms with Crippen LogP contribution in [0.15, 0.2) is 0 Å². The van der Waals surface area contributed by atoms with Gasteiger partial charge in [0.2, 0.25) is 10.0 Å². The molecule has 1 fully saturated rings. The van der Waals surface area contributed by atoms with Gasteiger partial charge in [-0.2, -0.15) is 0 Å². The summed E-state index contributed by atoms with van der Waals surface area (Å²) in [6.07, 6.45) is 2.87. The molecule has 0 unspecified atom stereocenters. The fourth-order valence-corrected chi connectivity index (χ4v) is 3.32. The van der Waals surface area contributed by atoms with Crippen LogP contribution in [0.3, 0.4) is 0 Å². The standard InChI is InChI=1S/C11H24N2O3S/c1-3-9-17(14,15)12-10-11-5-4-6-13(11)7-8-16-2/h11-12H,3-10H2,1-2H3/t11-/m0/s1. The predicted molar refractivity (Wildman–Crippen MR) is 68.6 cm³/mol. The molecule has 0 aromatic rings. The molecule has 1 heterocycles. The Balaban J connectivity index is 2.35. The van der Waals surface area contributed by atoms with Gasteiger partial charge in [0, 0.05) is 26.2 Å². The van der Waals surface area contributed by atoms with Crippen molar-refractivity contribution in [2.45, 2.75) is 32.2 Å². The molecule has 1 rings (SSSR count). The van der Waals surface area contributed by atoms with Crippen molar-refractivity contribution < 1.29 is 13.2 Å². The summed E-state index contributed by atoms with van der Waals surface area (Å²) in [7, 11) is -1.38. The second kappa shape index (κ2) is 7.31. The first-order valence-corrected chi connectivity index (χ1v) is 7.94. The summed E-state index contributed by atoms with van der Waals surface area (Å²) in [5.74, 6) is 0.220. The molecule has 0 radical (unpaired) electrons. The van der Waals surface area contributed by atoms with Crippen molar-refractivity contribution in [2.24, 2.45) is 0 Å². The molecule has 102 valence electrons. The van der Waals surface area contributed by atoms with Gasteiger partial charge in [0.05, 0.1) is 12.4 Å². The van der Waals surface area contributed by atoms with Gasteiger partial charge in [0.25, 0.3) is 0 Å². The third-order valence-corrected chi connectivity index (χ3v) is 4.65. The first-order chi connectivity index (χ1) is 8.09. The molecular weight excluding hydrogens is 240 g/mol. The van der Waals surface area contributed by atoms with E-state index in [2.05, 4.69) is 9.62 Å². The number of hydrogen-bond donors (Lipinski definition) is 1. The molecule has 0 aromatic carbocycles. The lowest BCUT2D eigenvalue weighted by atomic mass is 10.2. The highest BCUT2D eigenvalue weighted by Gasteiger charge is 2.25. The fraction of sp³-hybridized carbons (Fsp3) is 1.00. The van der Waals surface area contributed by atoms with E-state index >= 15 is 0 Å². The molecule has 1 atom stereocenters. The van der Waals surface area contributed by atoms with Crippen LogP contribution in [-0.2, 0) is 14.8 Å². The van der Waals surface area contributed by atoms with E-state index in [1.165, 1.54) is 0 Å². The molecule has 0 bridgehead atoms. The summed E-state index contributed by atoms with van der Waals surface area (Å²) in [5.41, 5.74) is 0. The zero-order chi connectivity index (χ0) is 12.7. The molecule has 17 heavy (non-hydrogen) atoms. The highest BCUT2D eigenvalue weighted by Crippen LogP contribution is 2.16. The van der Waals surface area contributed by atoms with Crippen molar-refractivity contribution in [2.75, 3.05) is 39.1 Å².